The average molecular weight is 611 g/mol. The second-order valence-electron chi connectivity index (χ2n) is 13.2. The van der Waals surface area contributed by atoms with Gasteiger partial charge in [0.15, 0.2) is 0 Å². The molecule has 0 radical (unpaired) electrons. The highest BCUT2D eigenvalue weighted by Gasteiger charge is 2.49. The second kappa shape index (κ2) is 11.7. The number of likely N-dealkylation sites (tertiary alicyclic amines) is 1. The highest BCUT2D eigenvalue weighted by molar-refractivity contribution is 6.31. The maximum absolute atomic E-state index is 14.6. The smallest absolute Gasteiger partial charge is 0.227 e. The third kappa shape index (κ3) is 5.51. The molecule has 1 N–H and O–H groups in total. The van der Waals surface area contributed by atoms with Crippen LogP contribution in [0.4, 0.5) is 0 Å². The summed E-state index contributed by atoms with van der Waals surface area (Å²) in [6, 6.07) is 3.29. The van der Waals surface area contributed by atoms with E-state index in [1.54, 1.807) is 7.05 Å². The molecule has 2 aliphatic carbocycles. The highest BCUT2D eigenvalue weighted by Crippen LogP contribution is 2.47. The maximum atomic E-state index is 14.6. The van der Waals surface area contributed by atoms with Crippen LogP contribution < -0.4 is 10.1 Å². The van der Waals surface area contributed by atoms with Crippen molar-refractivity contribution < 1.29 is 19.1 Å². The van der Waals surface area contributed by atoms with E-state index in [9.17, 15) is 14.4 Å². The Balaban J connectivity index is 1.37. The van der Waals surface area contributed by atoms with Crippen LogP contribution in [-0.2, 0) is 34.5 Å². The number of rotatable bonds is 8. The number of aromatic nitrogens is 3. The molecule has 3 fully saturated rings. The molecule has 4 aliphatic rings. The Morgan fingerprint density at radius 1 is 1.21 bits per heavy atom. The van der Waals surface area contributed by atoms with Gasteiger partial charge in [-0.25, -0.2) is 0 Å². The van der Waals surface area contributed by atoms with Gasteiger partial charge in [-0.3, -0.25) is 19.1 Å². The van der Waals surface area contributed by atoms with E-state index >= 15 is 0 Å². The monoisotopic (exact) mass is 610 g/mol. The van der Waals surface area contributed by atoms with Crippen LogP contribution in [-0.4, -0.2) is 69.2 Å². The molecule has 1 aromatic carbocycles. The Morgan fingerprint density at radius 3 is 2.70 bits per heavy atom. The van der Waals surface area contributed by atoms with Crippen LogP contribution in [0.5, 0.6) is 5.75 Å². The number of hydrogen-bond donors (Lipinski definition) is 1. The van der Waals surface area contributed by atoms with E-state index in [4.69, 9.17) is 16.3 Å². The quantitative estimate of drug-likeness (QED) is 0.481. The van der Waals surface area contributed by atoms with Gasteiger partial charge in [0.05, 0.1) is 23.1 Å². The Morgan fingerprint density at radius 2 is 2.00 bits per heavy atom. The molecule has 0 unspecified atom stereocenters. The molecule has 4 atom stereocenters. The summed E-state index contributed by atoms with van der Waals surface area (Å²) in [7, 11) is 3.56. The minimum Gasteiger partial charge on any atom is -0.487 e. The minimum atomic E-state index is -0.786. The largest absolute Gasteiger partial charge is 0.487 e. The number of nitrogens with one attached hydrogen (secondary N) is 1. The number of fused-ring (bicyclic) bond motifs is 1. The second-order valence-corrected chi connectivity index (χ2v) is 13.7. The number of aryl methyl sites for hydroxylation is 1. The van der Waals surface area contributed by atoms with Crippen molar-refractivity contribution in [3.8, 4) is 5.75 Å². The van der Waals surface area contributed by atoms with E-state index in [1.165, 1.54) is 0 Å². The average Bonchev–Trinajstić information content (AvgIpc) is 3.68. The van der Waals surface area contributed by atoms with Crippen molar-refractivity contribution in [3.05, 3.63) is 39.7 Å². The molecule has 1 saturated heterocycles. The number of hydrogen-bond acceptors (Lipinski definition) is 6. The predicted molar refractivity (Wildman–Crippen MR) is 161 cm³/mol. The standard InChI is InChI=1S/C32H43ClN6O4/c1-19-15-27(40)38(16-19)17-25-28-21(12-14-39(25)30(41)22-7-5-6-13-32(22,2)31(42)34-3)23(33)10-11-26(28)43-18-24-29(20-8-9-20)37(4)36-35-24/h10-11,19-20,22,25H,5-9,12-18H2,1-4H3,(H,34,42)/t19-,22+,25-,32+/m1/s1. The lowest BCUT2D eigenvalue weighted by molar-refractivity contribution is -0.153. The fourth-order valence-corrected chi connectivity index (χ4v) is 7.97. The van der Waals surface area contributed by atoms with Gasteiger partial charge in [0.1, 0.15) is 18.1 Å². The first-order valence-electron chi connectivity index (χ1n) is 15.7. The molecule has 3 amide bonds. The SMILES string of the molecule is CNC(=O)[C@@]1(C)CCCC[C@H]1C(=O)N1CCc2c(Cl)ccc(OCc3nnn(C)c3C3CC3)c2[C@H]1CN1C[C@H](C)CC1=O. The van der Waals surface area contributed by atoms with Gasteiger partial charge in [0.25, 0.3) is 0 Å². The van der Waals surface area contributed by atoms with Crippen molar-refractivity contribution in [3.63, 3.8) is 0 Å². The summed E-state index contributed by atoms with van der Waals surface area (Å²) in [5.41, 5.74) is 2.95. The summed E-state index contributed by atoms with van der Waals surface area (Å²) < 4.78 is 8.35. The van der Waals surface area contributed by atoms with Crippen molar-refractivity contribution in [1.29, 1.82) is 0 Å². The number of amides is 3. The number of carbonyl (C=O) groups excluding carboxylic acids is 3. The van der Waals surface area contributed by atoms with Crippen LogP contribution in [0.3, 0.4) is 0 Å². The van der Waals surface area contributed by atoms with Gasteiger partial charge in [0, 0.05) is 56.7 Å². The summed E-state index contributed by atoms with van der Waals surface area (Å²) >= 11 is 6.81. The Labute approximate surface area is 258 Å². The molecule has 2 saturated carbocycles. The topological polar surface area (TPSA) is 110 Å². The number of nitrogens with zero attached hydrogens (tertiary/aromatic N) is 5. The molecule has 0 bridgehead atoms. The first-order valence-corrected chi connectivity index (χ1v) is 16.1. The molecule has 11 heteroatoms. The maximum Gasteiger partial charge on any atom is 0.227 e. The summed E-state index contributed by atoms with van der Waals surface area (Å²) in [6.45, 7) is 5.73. The van der Waals surface area contributed by atoms with Crippen molar-refractivity contribution >= 4 is 29.3 Å². The molecule has 6 rings (SSSR count). The zero-order valence-corrected chi connectivity index (χ0v) is 26.5. The molecular formula is C32H43ClN6O4. The first kappa shape index (κ1) is 29.9. The van der Waals surface area contributed by atoms with Crippen molar-refractivity contribution in [2.24, 2.45) is 24.3 Å². The number of halogens is 1. The Bertz CT molecular complexity index is 1420. The summed E-state index contributed by atoms with van der Waals surface area (Å²) in [6.07, 6.45) is 6.47. The van der Waals surface area contributed by atoms with Crippen molar-refractivity contribution in [2.45, 2.75) is 83.8 Å². The van der Waals surface area contributed by atoms with E-state index in [2.05, 4.69) is 22.6 Å². The molecule has 2 aromatic rings. The van der Waals surface area contributed by atoms with Gasteiger partial charge in [0.2, 0.25) is 17.7 Å². The van der Waals surface area contributed by atoms with Crippen molar-refractivity contribution in [1.82, 2.24) is 30.1 Å². The van der Waals surface area contributed by atoms with Crippen molar-refractivity contribution in [2.75, 3.05) is 26.7 Å². The van der Waals surface area contributed by atoms with Crippen LogP contribution in [0.1, 0.15) is 93.3 Å². The molecule has 232 valence electrons. The molecular weight excluding hydrogens is 568 g/mol. The lowest BCUT2D eigenvalue weighted by Crippen LogP contribution is -2.54. The van der Waals surface area contributed by atoms with E-state index in [-0.39, 0.29) is 30.2 Å². The highest BCUT2D eigenvalue weighted by atomic mass is 35.5. The van der Waals surface area contributed by atoms with Gasteiger partial charge in [-0.2, -0.15) is 0 Å². The van der Waals surface area contributed by atoms with Gasteiger partial charge in [-0.05, 0) is 62.6 Å². The number of benzene rings is 1. The van der Waals surface area contributed by atoms with Crippen LogP contribution in [0.15, 0.2) is 12.1 Å². The number of ether oxygens (including phenoxy) is 1. The third-order valence-electron chi connectivity index (χ3n) is 10.2. The van der Waals surface area contributed by atoms with Gasteiger partial charge >= 0.3 is 0 Å². The van der Waals surface area contributed by atoms with Crippen LogP contribution >= 0.6 is 11.6 Å². The molecule has 0 spiro atoms. The Kier molecular flexibility index (Phi) is 8.17. The summed E-state index contributed by atoms with van der Waals surface area (Å²) in [4.78, 5) is 44.6. The Hall–Kier alpha value is -3.14. The molecule has 2 aliphatic heterocycles. The van der Waals surface area contributed by atoms with E-state index in [0.717, 1.165) is 48.2 Å². The van der Waals surface area contributed by atoms with Crippen LogP contribution in [0.25, 0.3) is 0 Å². The summed E-state index contributed by atoms with van der Waals surface area (Å²) in [5.74, 6) is 0.893. The van der Waals surface area contributed by atoms with Gasteiger partial charge in [-0.1, -0.05) is 36.6 Å². The van der Waals surface area contributed by atoms with E-state index < -0.39 is 17.4 Å². The molecule has 43 heavy (non-hydrogen) atoms. The van der Waals surface area contributed by atoms with Gasteiger partial charge in [-0.15, -0.1) is 5.10 Å². The number of carbonyl (C=O) groups is 3. The lowest BCUT2D eigenvalue weighted by Gasteiger charge is -2.46. The predicted octanol–water partition coefficient (Wildman–Crippen LogP) is 4.16. The zero-order chi connectivity index (χ0) is 30.5. The third-order valence-corrected chi connectivity index (χ3v) is 10.5. The van der Waals surface area contributed by atoms with E-state index in [0.29, 0.717) is 62.0 Å². The molecule has 10 nitrogen and oxygen atoms in total. The molecule has 3 heterocycles. The summed E-state index contributed by atoms with van der Waals surface area (Å²) in [5, 5.41) is 12.1. The first-order chi connectivity index (χ1) is 20.6. The lowest BCUT2D eigenvalue weighted by atomic mass is 9.66. The minimum absolute atomic E-state index is 0.0305. The van der Waals surface area contributed by atoms with E-state index in [1.807, 2.05) is 40.6 Å². The normalized spacial score (nSPS) is 27.3. The van der Waals surface area contributed by atoms with Gasteiger partial charge < -0.3 is 19.9 Å². The fraction of sp³-hybridized carbons (Fsp3) is 0.656. The van der Waals surface area contributed by atoms with Crippen LogP contribution in [0.2, 0.25) is 5.02 Å². The van der Waals surface area contributed by atoms with Crippen LogP contribution in [0, 0.1) is 17.3 Å². The fourth-order valence-electron chi connectivity index (χ4n) is 7.71. The zero-order valence-electron chi connectivity index (χ0n) is 25.7. The molecule has 1 aromatic heterocycles.